The van der Waals surface area contributed by atoms with Gasteiger partial charge in [-0.05, 0) is 112 Å². The van der Waals surface area contributed by atoms with Crippen molar-refractivity contribution in [3.63, 3.8) is 0 Å². The fraction of sp³-hybridized carbons (Fsp3) is 0.511. The molecule has 2 aromatic heterocycles. The average molecular weight is 853 g/mol. The zero-order valence-electron chi connectivity index (χ0n) is 35.2. The predicted octanol–water partition coefficient (Wildman–Crippen LogP) is 6.99. The molecule has 6 aliphatic rings. The summed E-state index contributed by atoms with van der Waals surface area (Å²) in [7, 11) is -2.43. The summed E-state index contributed by atoms with van der Waals surface area (Å²) in [6, 6.07) is 12.4. The number of nitrogens with zero attached hydrogens (tertiary/aromatic N) is 4. The first-order chi connectivity index (χ1) is 29.2. The van der Waals surface area contributed by atoms with Gasteiger partial charge in [-0.15, -0.1) is 0 Å². The maximum atomic E-state index is 13.9. The lowest BCUT2D eigenvalue weighted by Crippen LogP contribution is -2.74. The number of ether oxygens (including phenoxy) is 2. The highest BCUT2D eigenvalue weighted by molar-refractivity contribution is 7.90. The standard InChI is InChI=1S/C45H56N8O7S/c1-43(2)12-8-32(37(23-43)44-27-45(28-44,29-44)46-3)26-51-14-16-52(17-15-51)33-4-6-36(40(21-33)60-34-20-31-9-13-47-41(31)49-25-34)42(54)50-61(57,58)35-5-7-38(39(22-35)53(55)56)48-24-30-10-18-59-19-11-30/h4-7,9,13,20-22,25,30,46,48H,8,10-12,14-19,23-24,26-29H2,1-3H3,(H,47,49)(H,50,54). The SMILES string of the molecule is CNC12CC(C3=C(CN4CCN(c5ccc(C(=O)NS(=O)(=O)c6ccc(NCC7CCOCC7)c([N+](=O)[O-])c6)c(Oc6cnc7[nH]ccc7c6)c5)CC4)CCC(C)(C)C3)(C1)C2. The summed E-state index contributed by atoms with van der Waals surface area (Å²) in [6.07, 6.45) is 12.3. The number of carbonyl (C=O) groups is 1. The van der Waals surface area contributed by atoms with Gasteiger partial charge in [-0.1, -0.05) is 25.0 Å². The van der Waals surface area contributed by atoms with E-state index in [9.17, 15) is 23.3 Å². The van der Waals surface area contributed by atoms with Gasteiger partial charge in [0.1, 0.15) is 22.8 Å². The molecule has 4 heterocycles. The Hall–Kier alpha value is -5.03. The van der Waals surface area contributed by atoms with Gasteiger partial charge in [-0.3, -0.25) is 19.8 Å². The van der Waals surface area contributed by atoms with Crippen molar-refractivity contribution in [3.8, 4) is 11.5 Å². The second kappa shape index (κ2) is 16.0. The fourth-order valence-corrected chi connectivity index (χ4v) is 11.4. The molecule has 0 radical (unpaired) electrons. The highest BCUT2D eigenvalue weighted by Gasteiger charge is 2.69. The first kappa shape index (κ1) is 41.3. The lowest BCUT2D eigenvalue weighted by molar-refractivity contribution is -0.384. The third-order valence-corrected chi connectivity index (χ3v) is 15.3. The minimum Gasteiger partial charge on any atom is -0.455 e. The number of aromatic nitrogens is 2. The number of benzene rings is 2. The third-order valence-electron chi connectivity index (χ3n) is 14.0. The number of hydrogen-bond acceptors (Lipinski definition) is 12. The minimum atomic E-state index is -4.54. The normalized spacial score (nSPS) is 24.2. The number of fused-ring (bicyclic) bond motifs is 1. The Bertz CT molecular complexity index is 2470. The molecule has 3 saturated carbocycles. The van der Waals surface area contributed by atoms with E-state index in [1.807, 2.05) is 12.1 Å². The second-order valence-corrected chi connectivity index (χ2v) is 20.4. The Kier molecular flexibility index (Phi) is 10.9. The van der Waals surface area contributed by atoms with Crippen LogP contribution >= 0.6 is 0 Å². The number of H-pyrrole nitrogens is 1. The number of carbonyl (C=O) groups excluding carboxylic acids is 1. The molecule has 15 nitrogen and oxygen atoms in total. The number of aromatic amines is 1. The largest absolute Gasteiger partial charge is 0.455 e. The van der Waals surface area contributed by atoms with E-state index in [1.54, 1.807) is 41.7 Å². The van der Waals surface area contributed by atoms with Gasteiger partial charge >= 0.3 is 0 Å². The lowest BCUT2D eigenvalue weighted by atomic mass is 9.35. The van der Waals surface area contributed by atoms with E-state index in [1.165, 1.54) is 44.2 Å². The van der Waals surface area contributed by atoms with E-state index in [2.05, 4.69) is 56.0 Å². The van der Waals surface area contributed by atoms with Crippen LogP contribution in [0.25, 0.3) is 11.0 Å². The zero-order chi connectivity index (χ0) is 42.6. The average Bonchev–Trinajstić information content (AvgIpc) is 3.69. The van der Waals surface area contributed by atoms with Crippen molar-refractivity contribution in [1.82, 2.24) is 24.9 Å². The number of nitro groups is 1. The number of allylic oxidation sites excluding steroid dienone is 1. The molecule has 2 bridgehead atoms. The molecule has 2 aromatic carbocycles. The number of pyridine rings is 1. The minimum absolute atomic E-state index is 0.0160. The molecule has 61 heavy (non-hydrogen) atoms. The second-order valence-electron chi connectivity index (χ2n) is 18.7. The molecule has 1 amide bonds. The lowest BCUT2D eigenvalue weighted by Gasteiger charge is -2.73. The van der Waals surface area contributed by atoms with Gasteiger partial charge in [0.15, 0.2) is 0 Å². The van der Waals surface area contributed by atoms with Crippen molar-refractivity contribution in [1.29, 1.82) is 0 Å². The van der Waals surface area contributed by atoms with Gasteiger partial charge in [0, 0.05) is 87.4 Å². The van der Waals surface area contributed by atoms with E-state index < -0.39 is 31.4 Å². The Morgan fingerprint density at radius 1 is 1.05 bits per heavy atom. The van der Waals surface area contributed by atoms with Gasteiger partial charge in [0.25, 0.3) is 21.6 Å². The van der Waals surface area contributed by atoms with Crippen LogP contribution in [0.4, 0.5) is 17.1 Å². The Balaban J connectivity index is 0.919. The molecule has 0 atom stereocenters. The van der Waals surface area contributed by atoms with Crippen LogP contribution in [0.1, 0.15) is 75.6 Å². The Morgan fingerprint density at radius 3 is 2.56 bits per heavy atom. The summed E-state index contributed by atoms with van der Waals surface area (Å²) < 4.78 is 41.2. The number of sulfonamides is 1. The van der Waals surface area contributed by atoms with Gasteiger partial charge in [-0.25, -0.2) is 18.1 Å². The van der Waals surface area contributed by atoms with E-state index in [-0.39, 0.29) is 22.9 Å². The summed E-state index contributed by atoms with van der Waals surface area (Å²) in [4.78, 5) is 37.3. The number of rotatable bonds is 14. The van der Waals surface area contributed by atoms with Crippen LogP contribution in [0.15, 0.2) is 77.0 Å². The number of anilines is 2. The van der Waals surface area contributed by atoms with Crippen molar-refractivity contribution in [2.24, 2.45) is 16.7 Å². The van der Waals surface area contributed by atoms with Crippen LogP contribution in [0, 0.1) is 26.9 Å². The van der Waals surface area contributed by atoms with Crippen molar-refractivity contribution in [3.05, 3.63) is 87.7 Å². The molecule has 4 aliphatic carbocycles. The van der Waals surface area contributed by atoms with E-state index in [0.29, 0.717) is 47.5 Å². The molecule has 0 spiro atoms. The summed E-state index contributed by atoms with van der Waals surface area (Å²) in [6.45, 7) is 10.9. The molecular formula is C45H56N8O7S. The monoisotopic (exact) mass is 852 g/mol. The topological polar surface area (TPSA) is 184 Å². The summed E-state index contributed by atoms with van der Waals surface area (Å²) >= 11 is 0. The van der Waals surface area contributed by atoms with Crippen LogP contribution in [-0.2, 0) is 14.8 Å². The maximum Gasteiger partial charge on any atom is 0.293 e. The van der Waals surface area contributed by atoms with Gasteiger partial charge < -0.3 is 30.0 Å². The molecule has 324 valence electrons. The van der Waals surface area contributed by atoms with Crippen molar-refractivity contribution < 1.29 is 27.6 Å². The molecule has 2 saturated heterocycles. The van der Waals surface area contributed by atoms with Crippen molar-refractivity contribution in [2.75, 3.05) is 69.7 Å². The van der Waals surface area contributed by atoms with Gasteiger partial charge in [0.2, 0.25) is 0 Å². The number of amides is 1. The summed E-state index contributed by atoms with van der Waals surface area (Å²) in [5.74, 6) is -0.131. The number of hydrogen-bond donors (Lipinski definition) is 4. The molecule has 10 rings (SSSR count). The molecule has 5 fully saturated rings. The summed E-state index contributed by atoms with van der Waals surface area (Å²) in [5, 5.41) is 19.6. The first-order valence-electron chi connectivity index (χ1n) is 21.5. The molecule has 0 unspecified atom stereocenters. The molecule has 4 N–H and O–H groups in total. The van der Waals surface area contributed by atoms with Crippen LogP contribution in [0.5, 0.6) is 11.5 Å². The number of nitrogens with one attached hydrogen (secondary N) is 4. The highest BCUT2D eigenvalue weighted by Crippen LogP contribution is 2.72. The Morgan fingerprint density at radius 2 is 1.82 bits per heavy atom. The smallest absolute Gasteiger partial charge is 0.293 e. The third kappa shape index (κ3) is 8.34. The first-order valence-corrected chi connectivity index (χ1v) is 23.0. The van der Waals surface area contributed by atoms with Crippen LogP contribution in [0.3, 0.4) is 0 Å². The van der Waals surface area contributed by atoms with E-state index in [0.717, 1.165) is 69.1 Å². The van der Waals surface area contributed by atoms with Crippen molar-refractivity contribution in [2.45, 2.75) is 75.6 Å². The summed E-state index contributed by atoms with van der Waals surface area (Å²) in [5.41, 5.74) is 5.79. The van der Waals surface area contributed by atoms with E-state index in [4.69, 9.17) is 9.47 Å². The molecule has 2 aliphatic heterocycles. The van der Waals surface area contributed by atoms with Crippen molar-refractivity contribution >= 4 is 44.0 Å². The zero-order valence-corrected chi connectivity index (χ0v) is 36.0. The predicted molar refractivity (Wildman–Crippen MR) is 234 cm³/mol. The molecule has 16 heteroatoms. The van der Waals surface area contributed by atoms with Gasteiger partial charge in [0.05, 0.1) is 21.6 Å². The quantitative estimate of drug-likeness (QED) is 0.0580. The highest BCUT2D eigenvalue weighted by atomic mass is 32.2. The fourth-order valence-electron chi connectivity index (χ4n) is 10.4. The van der Waals surface area contributed by atoms with E-state index >= 15 is 0 Å². The maximum absolute atomic E-state index is 13.9. The van der Waals surface area contributed by atoms with Crippen LogP contribution < -0.4 is 25.0 Å². The molecular weight excluding hydrogens is 797 g/mol. The number of piperazine rings is 1. The number of nitro benzene ring substituents is 1. The van der Waals surface area contributed by atoms with Crippen LogP contribution in [-0.4, -0.2) is 99.2 Å². The Labute approximate surface area is 356 Å². The molecule has 4 aromatic rings. The van der Waals surface area contributed by atoms with Crippen LogP contribution in [0.2, 0.25) is 0 Å². The van der Waals surface area contributed by atoms with Gasteiger partial charge in [-0.2, -0.15) is 0 Å².